The number of para-hydroxylation sites is 1. The Labute approximate surface area is 228 Å². The minimum Gasteiger partial charge on any atom is -0.378 e. The van der Waals surface area contributed by atoms with E-state index in [1.165, 1.54) is 4.90 Å². The molecule has 0 atom stereocenters. The average molecular weight is 558 g/mol. The third-order valence-electron chi connectivity index (χ3n) is 6.55. The lowest BCUT2D eigenvalue weighted by Crippen LogP contribution is -2.42. The van der Waals surface area contributed by atoms with E-state index in [2.05, 4.69) is 6.92 Å². The molecular weight excluding hydrogens is 533 g/mol. The van der Waals surface area contributed by atoms with Crippen molar-refractivity contribution >= 4 is 69.0 Å². The summed E-state index contributed by atoms with van der Waals surface area (Å²) in [5.74, 6) is -0.336. The molecule has 3 aromatic rings. The second kappa shape index (κ2) is 10.9. The fourth-order valence-electron chi connectivity index (χ4n) is 4.65. The van der Waals surface area contributed by atoms with E-state index in [1.807, 2.05) is 33.9 Å². The smallest absolute Gasteiger partial charge is 0.293 e. The number of imide groups is 1. The van der Waals surface area contributed by atoms with E-state index >= 15 is 0 Å². The maximum Gasteiger partial charge on any atom is 0.293 e. The van der Waals surface area contributed by atoms with Gasteiger partial charge in [-0.25, -0.2) is 0 Å². The van der Waals surface area contributed by atoms with Crippen LogP contribution in [0.25, 0.3) is 17.0 Å². The number of aryl methyl sites for hydroxylation is 1. The van der Waals surface area contributed by atoms with E-state index in [0.717, 1.165) is 40.2 Å². The number of rotatable bonds is 6. The van der Waals surface area contributed by atoms with Crippen LogP contribution in [-0.4, -0.2) is 57.7 Å². The fourth-order valence-corrected chi connectivity index (χ4v) is 5.80. The normalized spacial score (nSPS) is 17.4. The van der Waals surface area contributed by atoms with Crippen LogP contribution in [-0.2, 0) is 33.8 Å². The van der Waals surface area contributed by atoms with Crippen molar-refractivity contribution in [3.63, 3.8) is 0 Å². The highest BCUT2D eigenvalue weighted by Gasteiger charge is 2.35. The zero-order chi connectivity index (χ0) is 26.1. The minimum absolute atomic E-state index is 0.0274. The van der Waals surface area contributed by atoms with E-state index in [1.54, 1.807) is 24.3 Å². The van der Waals surface area contributed by atoms with Gasteiger partial charge in [-0.3, -0.25) is 19.3 Å². The number of carbonyl (C=O) groups excluding carboxylic acids is 3. The van der Waals surface area contributed by atoms with Crippen LogP contribution < -0.4 is 0 Å². The summed E-state index contributed by atoms with van der Waals surface area (Å²) in [7, 11) is 0. The number of amides is 3. The SMILES string of the molecule is CCc1cccc2c(/C=C3\SC(=O)N(Cc4ccc(Cl)c(Cl)c4)C3=O)cn(CC(=O)N3CCOCC3)c12. The number of nitrogens with zero attached hydrogens (tertiary/aromatic N) is 3. The first-order valence-electron chi connectivity index (χ1n) is 12.0. The molecule has 2 aliphatic rings. The highest BCUT2D eigenvalue weighted by molar-refractivity contribution is 8.18. The van der Waals surface area contributed by atoms with Gasteiger partial charge in [-0.2, -0.15) is 0 Å². The largest absolute Gasteiger partial charge is 0.378 e. The van der Waals surface area contributed by atoms with Crippen molar-refractivity contribution in [1.29, 1.82) is 0 Å². The summed E-state index contributed by atoms with van der Waals surface area (Å²) in [5.41, 5.74) is 3.58. The predicted octanol–water partition coefficient (Wildman–Crippen LogP) is 5.61. The maximum atomic E-state index is 13.2. The van der Waals surface area contributed by atoms with Crippen LogP contribution in [0, 0.1) is 0 Å². The molecule has 2 aliphatic heterocycles. The van der Waals surface area contributed by atoms with Crippen molar-refractivity contribution < 1.29 is 19.1 Å². The molecule has 0 radical (unpaired) electrons. The molecule has 192 valence electrons. The van der Waals surface area contributed by atoms with Gasteiger partial charge < -0.3 is 14.2 Å². The molecule has 2 saturated heterocycles. The van der Waals surface area contributed by atoms with Crippen molar-refractivity contribution in [2.24, 2.45) is 0 Å². The van der Waals surface area contributed by atoms with Crippen LogP contribution in [0.15, 0.2) is 47.5 Å². The zero-order valence-corrected chi connectivity index (χ0v) is 22.5. The Balaban J connectivity index is 1.45. The number of fused-ring (bicyclic) bond motifs is 1. The zero-order valence-electron chi connectivity index (χ0n) is 20.2. The average Bonchev–Trinajstić information content (AvgIpc) is 3.38. The molecule has 1 aromatic heterocycles. The number of aromatic nitrogens is 1. The Hall–Kier alpha value is -2.78. The molecule has 5 rings (SSSR count). The Morgan fingerprint density at radius 2 is 1.89 bits per heavy atom. The van der Waals surface area contributed by atoms with Crippen LogP contribution in [0.1, 0.15) is 23.6 Å². The third kappa shape index (κ3) is 5.29. The number of halogens is 2. The quantitative estimate of drug-likeness (QED) is 0.368. The molecule has 0 N–H and O–H groups in total. The van der Waals surface area contributed by atoms with E-state index in [4.69, 9.17) is 27.9 Å². The van der Waals surface area contributed by atoms with Crippen molar-refractivity contribution in [2.75, 3.05) is 26.3 Å². The highest BCUT2D eigenvalue weighted by Crippen LogP contribution is 2.36. The van der Waals surface area contributed by atoms with Gasteiger partial charge >= 0.3 is 0 Å². The van der Waals surface area contributed by atoms with Crippen LogP contribution >= 0.6 is 35.0 Å². The van der Waals surface area contributed by atoms with E-state index in [-0.39, 0.29) is 30.1 Å². The predicted molar refractivity (Wildman–Crippen MR) is 147 cm³/mol. The number of hydrogen-bond donors (Lipinski definition) is 0. The van der Waals surface area contributed by atoms with Gasteiger partial charge in [0.2, 0.25) is 5.91 Å². The molecule has 7 nitrogen and oxygen atoms in total. The molecule has 2 aromatic carbocycles. The molecule has 37 heavy (non-hydrogen) atoms. The van der Waals surface area contributed by atoms with E-state index < -0.39 is 0 Å². The summed E-state index contributed by atoms with van der Waals surface area (Å²) >= 11 is 13.0. The Kier molecular flexibility index (Phi) is 7.62. The number of hydrogen-bond acceptors (Lipinski definition) is 5. The van der Waals surface area contributed by atoms with Gasteiger partial charge in [0, 0.05) is 30.2 Å². The van der Waals surface area contributed by atoms with Crippen molar-refractivity contribution in [1.82, 2.24) is 14.4 Å². The van der Waals surface area contributed by atoms with Gasteiger partial charge in [-0.15, -0.1) is 0 Å². The maximum absolute atomic E-state index is 13.2. The van der Waals surface area contributed by atoms with Gasteiger partial charge in [0.05, 0.1) is 40.2 Å². The number of carbonyl (C=O) groups is 3. The van der Waals surface area contributed by atoms with E-state index in [9.17, 15) is 14.4 Å². The first-order valence-corrected chi connectivity index (χ1v) is 13.6. The highest BCUT2D eigenvalue weighted by atomic mass is 35.5. The van der Waals surface area contributed by atoms with Gasteiger partial charge in [0.15, 0.2) is 0 Å². The Morgan fingerprint density at radius 3 is 2.62 bits per heavy atom. The van der Waals surface area contributed by atoms with Crippen LogP contribution in [0.2, 0.25) is 10.0 Å². The molecule has 0 spiro atoms. The lowest BCUT2D eigenvalue weighted by molar-refractivity contribution is -0.135. The number of benzene rings is 2. The molecule has 0 bridgehead atoms. The topological polar surface area (TPSA) is 71.9 Å². The molecule has 0 aliphatic carbocycles. The van der Waals surface area contributed by atoms with Gasteiger partial charge in [0.1, 0.15) is 6.54 Å². The lowest BCUT2D eigenvalue weighted by Gasteiger charge is -2.27. The molecule has 0 unspecified atom stereocenters. The second-order valence-corrected chi connectivity index (χ2v) is 10.7. The summed E-state index contributed by atoms with van der Waals surface area (Å²) in [6.45, 7) is 4.62. The lowest BCUT2D eigenvalue weighted by atomic mass is 10.1. The molecule has 3 amide bonds. The minimum atomic E-state index is -0.363. The second-order valence-electron chi connectivity index (χ2n) is 8.89. The molecule has 3 heterocycles. The van der Waals surface area contributed by atoms with Crippen molar-refractivity contribution in [2.45, 2.75) is 26.4 Å². The third-order valence-corrected chi connectivity index (χ3v) is 8.19. The Bertz CT molecular complexity index is 1430. The van der Waals surface area contributed by atoms with Crippen molar-refractivity contribution in [3.8, 4) is 0 Å². The molecule has 2 fully saturated rings. The van der Waals surface area contributed by atoms with Gasteiger partial charge in [-0.1, -0.05) is 54.4 Å². The monoisotopic (exact) mass is 557 g/mol. The van der Waals surface area contributed by atoms with Crippen LogP contribution in [0.5, 0.6) is 0 Å². The van der Waals surface area contributed by atoms with Gasteiger partial charge in [0.25, 0.3) is 11.1 Å². The molecular formula is C27H25Cl2N3O4S. The fraction of sp³-hybridized carbons (Fsp3) is 0.296. The summed E-state index contributed by atoms with van der Waals surface area (Å²) in [6.07, 6.45) is 4.44. The van der Waals surface area contributed by atoms with E-state index in [0.29, 0.717) is 46.8 Å². The van der Waals surface area contributed by atoms with Crippen molar-refractivity contribution in [3.05, 3.63) is 74.2 Å². The summed E-state index contributed by atoms with van der Waals surface area (Å²) in [4.78, 5) is 42.3. The molecule has 0 saturated carbocycles. The number of thioether (sulfide) groups is 1. The number of ether oxygens (including phenoxy) is 1. The summed E-state index contributed by atoms with van der Waals surface area (Å²) < 4.78 is 7.33. The summed E-state index contributed by atoms with van der Waals surface area (Å²) in [5, 5.41) is 1.37. The molecule has 10 heteroatoms. The van der Waals surface area contributed by atoms with Crippen LogP contribution in [0.3, 0.4) is 0 Å². The first-order chi connectivity index (χ1) is 17.9. The first kappa shape index (κ1) is 25.9. The Morgan fingerprint density at radius 1 is 1.11 bits per heavy atom. The van der Waals surface area contributed by atoms with Gasteiger partial charge in [-0.05, 0) is 47.5 Å². The number of morpholine rings is 1. The summed E-state index contributed by atoms with van der Waals surface area (Å²) in [6, 6.07) is 11.0. The van der Waals surface area contributed by atoms with Crippen LogP contribution in [0.4, 0.5) is 4.79 Å². The standard InChI is InChI=1S/C27H25Cl2N3O4S/c1-2-18-4-3-5-20-19(15-31(25(18)20)16-24(33)30-8-10-36-11-9-30)13-23-26(34)32(27(35)37-23)14-17-6-7-21(28)22(29)12-17/h3-7,12-13,15H,2,8-11,14,16H2,1H3/b23-13-.